The SMILES string of the molecule is CC1CCN(c2cc([NH+]3CCN(C(=O)OCc4ccccc4)CC3)ccc2NC(=O)c2ccc(C#N)o2)CC1. The highest BCUT2D eigenvalue weighted by molar-refractivity contribution is 6.04. The van der Waals surface area contributed by atoms with Crippen molar-refractivity contribution in [3.05, 3.63) is 77.7 Å². The zero-order chi connectivity index (χ0) is 27.2. The van der Waals surface area contributed by atoms with Gasteiger partial charge in [-0.2, -0.15) is 5.26 Å². The van der Waals surface area contributed by atoms with Crippen LogP contribution in [-0.4, -0.2) is 56.2 Å². The Labute approximate surface area is 228 Å². The highest BCUT2D eigenvalue weighted by Gasteiger charge is 2.28. The second-order valence-electron chi connectivity index (χ2n) is 10.3. The molecule has 2 fully saturated rings. The molecule has 202 valence electrons. The van der Waals surface area contributed by atoms with Crippen LogP contribution in [0.4, 0.5) is 21.9 Å². The highest BCUT2D eigenvalue weighted by Crippen LogP contribution is 2.32. The van der Waals surface area contributed by atoms with Crippen LogP contribution in [0.2, 0.25) is 0 Å². The normalized spacial score (nSPS) is 16.5. The van der Waals surface area contributed by atoms with E-state index in [1.165, 1.54) is 17.0 Å². The van der Waals surface area contributed by atoms with Gasteiger partial charge in [0.1, 0.15) is 18.4 Å². The van der Waals surface area contributed by atoms with Crippen molar-refractivity contribution >= 4 is 29.1 Å². The molecular formula is C30H34N5O4+. The first-order chi connectivity index (χ1) is 19.0. The molecule has 0 radical (unpaired) electrons. The van der Waals surface area contributed by atoms with Crippen LogP contribution in [0.3, 0.4) is 0 Å². The smallest absolute Gasteiger partial charge is 0.410 e. The Hall–Kier alpha value is -4.29. The molecule has 39 heavy (non-hydrogen) atoms. The van der Waals surface area contributed by atoms with Gasteiger partial charge < -0.3 is 19.4 Å². The van der Waals surface area contributed by atoms with Crippen molar-refractivity contribution in [3.63, 3.8) is 0 Å². The molecule has 0 unspecified atom stereocenters. The predicted molar refractivity (Wildman–Crippen MR) is 147 cm³/mol. The fraction of sp³-hybridized carbons (Fsp3) is 0.367. The van der Waals surface area contributed by atoms with Crippen LogP contribution in [0.25, 0.3) is 0 Å². The van der Waals surface area contributed by atoms with E-state index in [0.29, 0.717) is 19.0 Å². The first-order valence-electron chi connectivity index (χ1n) is 13.5. The number of carbonyl (C=O) groups excluding carboxylic acids is 2. The topological polar surface area (TPSA) is 103 Å². The van der Waals surface area contributed by atoms with E-state index in [-0.39, 0.29) is 30.1 Å². The number of anilines is 2. The van der Waals surface area contributed by atoms with Crippen LogP contribution >= 0.6 is 0 Å². The number of nitrogens with one attached hydrogen (secondary N) is 2. The molecule has 0 atom stereocenters. The van der Waals surface area contributed by atoms with Crippen LogP contribution in [-0.2, 0) is 11.3 Å². The third kappa shape index (κ3) is 6.41. The number of nitriles is 1. The summed E-state index contributed by atoms with van der Waals surface area (Å²) in [6.07, 6.45) is 1.91. The molecule has 5 rings (SSSR count). The minimum Gasteiger partial charge on any atom is -0.445 e. The van der Waals surface area contributed by atoms with Gasteiger partial charge in [-0.1, -0.05) is 37.3 Å². The van der Waals surface area contributed by atoms with Crippen LogP contribution in [0, 0.1) is 17.2 Å². The molecular weight excluding hydrogens is 494 g/mol. The van der Waals surface area contributed by atoms with E-state index in [2.05, 4.69) is 23.2 Å². The van der Waals surface area contributed by atoms with Gasteiger partial charge in [0.2, 0.25) is 5.76 Å². The lowest BCUT2D eigenvalue weighted by Crippen LogP contribution is -3.10. The molecule has 2 aliphatic rings. The summed E-state index contributed by atoms with van der Waals surface area (Å²) in [6.45, 7) is 7.14. The molecule has 2 aliphatic heterocycles. The average Bonchev–Trinajstić information content (AvgIpc) is 3.47. The zero-order valence-electron chi connectivity index (χ0n) is 22.2. The molecule has 2 saturated heterocycles. The number of furan rings is 1. The second-order valence-corrected chi connectivity index (χ2v) is 10.3. The van der Waals surface area contributed by atoms with Gasteiger partial charge in [0.05, 0.1) is 37.6 Å². The molecule has 1 aromatic heterocycles. The number of quaternary nitrogens is 1. The minimum absolute atomic E-state index is 0.104. The molecule has 2 amide bonds. The fourth-order valence-electron chi connectivity index (χ4n) is 5.13. The summed E-state index contributed by atoms with van der Waals surface area (Å²) < 4.78 is 10.8. The number of rotatable bonds is 6. The van der Waals surface area contributed by atoms with Crippen molar-refractivity contribution in [2.45, 2.75) is 26.4 Å². The second kappa shape index (κ2) is 12.0. The summed E-state index contributed by atoms with van der Waals surface area (Å²) in [5.74, 6) is 0.503. The van der Waals surface area contributed by atoms with E-state index < -0.39 is 0 Å². The largest absolute Gasteiger partial charge is 0.445 e. The van der Waals surface area contributed by atoms with Gasteiger partial charge in [-0.25, -0.2) is 4.79 Å². The van der Waals surface area contributed by atoms with Crippen molar-refractivity contribution in [1.29, 1.82) is 5.26 Å². The van der Waals surface area contributed by atoms with Crippen molar-refractivity contribution in [3.8, 4) is 6.07 Å². The van der Waals surface area contributed by atoms with Gasteiger partial charge >= 0.3 is 6.09 Å². The summed E-state index contributed by atoms with van der Waals surface area (Å²) in [4.78, 5) is 30.9. The Kier molecular flexibility index (Phi) is 8.13. The van der Waals surface area contributed by atoms with Crippen molar-refractivity contribution in [1.82, 2.24) is 4.90 Å². The first-order valence-corrected chi connectivity index (χ1v) is 13.5. The number of nitrogens with zero attached hydrogens (tertiary/aromatic N) is 3. The van der Waals surface area contributed by atoms with E-state index >= 15 is 0 Å². The monoisotopic (exact) mass is 528 g/mol. The van der Waals surface area contributed by atoms with Crippen LogP contribution < -0.4 is 15.1 Å². The molecule has 2 aromatic carbocycles. The van der Waals surface area contributed by atoms with Gasteiger partial charge in [-0.15, -0.1) is 0 Å². The predicted octanol–water partition coefficient (Wildman–Crippen LogP) is 3.81. The van der Waals surface area contributed by atoms with E-state index in [1.807, 2.05) is 48.5 Å². The van der Waals surface area contributed by atoms with Gasteiger partial charge in [-0.05, 0) is 42.5 Å². The zero-order valence-corrected chi connectivity index (χ0v) is 22.2. The summed E-state index contributed by atoms with van der Waals surface area (Å²) in [7, 11) is 0. The Bertz CT molecular complexity index is 1330. The van der Waals surface area contributed by atoms with Crippen LogP contribution in [0.15, 0.2) is 65.1 Å². The highest BCUT2D eigenvalue weighted by atomic mass is 16.6. The molecule has 0 bridgehead atoms. The van der Waals surface area contributed by atoms with Crippen molar-refractivity contribution < 1.29 is 23.6 Å². The quantitative estimate of drug-likeness (QED) is 0.505. The molecule has 9 heteroatoms. The number of carbonyl (C=O) groups is 2. The summed E-state index contributed by atoms with van der Waals surface area (Å²) in [5, 5.41) is 12.0. The first kappa shape index (κ1) is 26.3. The number of ether oxygens (including phenoxy) is 1. The van der Waals surface area contributed by atoms with E-state index in [9.17, 15) is 9.59 Å². The fourth-order valence-corrected chi connectivity index (χ4v) is 5.13. The van der Waals surface area contributed by atoms with E-state index in [0.717, 1.165) is 61.6 Å². The molecule has 2 N–H and O–H groups in total. The Morgan fingerprint density at radius 1 is 1.05 bits per heavy atom. The molecule has 3 aromatic rings. The minimum atomic E-state index is -0.383. The number of amides is 2. The third-order valence-corrected chi connectivity index (χ3v) is 7.55. The molecule has 9 nitrogen and oxygen atoms in total. The summed E-state index contributed by atoms with van der Waals surface area (Å²) >= 11 is 0. The van der Waals surface area contributed by atoms with Crippen molar-refractivity contribution in [2.75, 3.05) is 49.5 Å². The standard InChI is InChI=1S/C30H33N5O4/c1-22-11-13-34(14-12-22)27-19-24(7-9-26(27)32-29(36)28-10-8-25(20-31)39-28)33-15-17-35(18-16-33)30(37)38-21-23-5-3-2-4-6-23/h2-10,19,22H,11-18,21H2,1H3,(H,32,36)/p+1. The van der Waals surface area contributed by atoms with Gasteiger partial charge in [0, 0.05) is 25.2 Å². The van der Waals surface area contributed by atoms with Gasteiger partial charge in [-0.3, -0.25) is 14.6 Å². The number of piperidine rings is 1. The Morgan fingerprint density at radius 3 is 2.49 bits per heavy atom. The van der Waals surface area contributed by atoms with Crippen LogP contribution in [0.1, 0.15) is 41.6 Å². The number of piperazine rings is 1. The number of hydrogen-bond donors (Lipinski definition) is 2. The molecule has 3 heterocycles. The van der Waals surface area contributed by atoms with Crippen LogP contribution in [0.5, 0.6) is 0 Å². The van der Waals surface area contributed by atoms with Gasteiger partial charge in [0.25, 0.3) is 5.91 Å². The maximum absolute atomic E-state index is 12.9. The van der Waals surface area contributed by atoms with Crippen molar-refractivity contribution in [2.24, 2.45) is 5.92 Å². The summed E-state index contributed by atoms with van der Waals surface area (Å²) in [5.41, 5.74) is 3.80. The Morgan fingerprint density at radius 2 is 1.79 bits per heavy atom. The molecule has 0 saturated carbocycles. The molecule has 0 aliphatic carbocycles. The number of hydrogen-bond acceptors (Lipinski definition) is 6. The lowest BCUT2D eigenvalue weighted by molar-refractivity contribution is -0.837. The van der Waals surface area contributed by atoms with E-state index in [4.69, 9.17) is 14.4 Å². The Balaban J connectivity index is 1.26. The lowest BCUT2D eigenvalue weighted by atomic mass is 9.98. The lowest BCUT2D eigenvalue weighted by Gasteiger charge is -2.35. The third-order valence-electron chi connectivity index (χ3n) is 7.55. The maximum Gasteiger partial charge on any atom is 0.410 e. The maximum atomic E-state index is 12.9. The number of benzene rings is 2. The summed E-state index contributed by atoms with van der Waals surface area (Å²) in [6, 6.07) is 20.8. The molecule has 0 spiro atoms. The van der Waals surface area contributed by atoms with E-state index in [1.54, 1.807) is 4.90 Å². The average molecular weight is 529 g/mol. The van der Waals surface area contributed by atoms with Gasteiger partial charge in [0.15, 0.2) is 5.76 Å².